The third-order valence-corrected chi connectivity index (χ3v) is 6.66. The van der Waals surface area contributed by atoms with E-state index < -0.39 is 10.0 Å². The van der Waals surface area contributed by atoms with Crippen LogP contribution in [0.4, 0.5) is 10.5 Å². The van der Waals surface area contributed by atoms with E-state index in [1.165, 1.54) is 24.3 Å². The van der Waals surface area contributed by atoms with Crippen LogP contribution in [0.25, 0.3) is 0 Å². The van der Waals surface area contributed by atoms with E-state index in [9.17, 15) is 18.0 Å². The minimum absolute atomic E-state index is 0.0000709. The predicted molar refractivity (Wildman–Crippen MR) is 108 cm³/mol. The topological polar surface area (TPSA) is 90.0 Å². The van der Waals surface area contributed by atoms with Crippen LogP contribution in [-0.4, -0.2) is 74.3 Å². The number of nitrogens with zero attached hydrogens (tertiary/aromatic N) is 3. The first-order valence-corrected chi connectivity index (χ1v) is 10.8. The third-order valence-electron chi connectivity index (χ3n) is 5.26. The highest BCUT2D eigenvalue weighted by Crippen LogP contribution is 2.22. The number of fused-ring (bicyclic) bond motifs is 1. The number of hydrogen-bond acceptors (Lipinski definition) is 4. The summed E-state index contributed by atoms with van der Waals surface area (Å²) in [5.74, 6) is -0.161. The fourth-order valence-corrected chi connectivity index (χ4v) is 4.80. The SMILES string of the molecule is CN1C[C@H]2CN(C(=O)c3ccc(S(=O)(=O)Nc4ccccc4)cc3)CCN2C1=O. The van der Waals surface area contributed by atoms with Crippen molar-refractivity contribution < 1.29 is 18.0 Å². The van der Waals surface area contributed by atoms with E-state index in [0.717, 1.165) is 0 Å². The standard InChI is InChI=1S/C20H22N4O4S/c1-22-13-17-14-23(11-12-24(17)20(22)26)19(25)15-7-9-18(10-8-15)29(27,28)21-16-5-3-2-4-6-16/h2-10,17,21H,11-14H2,1H3/t17-/m0/s1. The van der Waals surface area contributed by atoms with Gasteiger partial charge < -0.3 is 14.7 Å². The average Bonchev–Trinajstić information content (AvgIpc) is 3.01. The van der Waals surface area contributed by atoms with Gasteiger partial charge in [-0.15, -0.1) is 0 Å². The lowest BCUT2D eigenvalue weighted by Crippen LogP contribution is -2.53. The Morgan fingerprint density at radius 2 is 1.69 bits per heavy atom. The summed E-state index contributed by atoms with van der Waals surface area (Å²) in [7, 11) is -1.97. The molecule has 9 heteroatoms. The van der Waals surface area contributed by atoms with Crippen molar-refractivity contribution in [1.29, 1.82) is 0 Å². The molecule has 2 saturated heterocycles. The minimum atomic E-state index is -3.73. The molecule has 152 valence electrons. The lowest BCUT2D eigenvalue weighted by atomic mass is 10.1. The van der Waals surface area contributed by atoms with Crippen molar-refractivity contribution in [2.45, 2.75) is 10.9 Å². The second-order valence-corrected chi connectivity index (χ2v) is 8.94. The van der Waals surface area contributed by atoms with Crippen LogP contribution < -0.4 is 4.72 Å². The van der Waals surface area contributed by atoms with E-state index >= 15 is 0 Å². The number of para-hydroxylation sites is 1. The van der Waals surface area contributed by atoms with Gasteiger partial charge in [-0.1, -0.05) is 18.2 Å². The summed E-state index contributed by atoms with van der Waals surface area (Å²) in [6.07, 6.45) is 0. The molecule has 0 aromatic heterocycles. The molecule has 2 aromatic rings. The molecule has 2 aliphatic rings. The van der Waals surface area contributed by atoms with Crippen LogP contribution >= 0.6 is 0 Å². The first-order chi connectivity index (χ1) is 13.8. The Morgan fingerprint density at radius 1 is 1.00 bits per heavy atom. The summed E-state index contributed by atoms with van der Waals surface area (Å²) < 4.78 is 27.6. The number of benzene rings is 2. The Morgan fingerprint density at radius 3 is 2.38 bits per heavy atom. The van der Waals surface area contributed by atoms with Crippen molar-refractivity contribution in [1.82, 2.24) is 14.7 Å². The zero-order valence-corrected chi connectivity index (χ0v) is 16.8. The number of carbonyl (C=O) groups is 2. The van der Waals surface area contributed by atoms with Crippen molar-refractivity contribution in [3.05, 3.63) is 60.2 Å². The molecular weight excluding hydrogens is 392 g/mol. The molecule has 2 aliphatic heterocycles. The molecule has 0 spiro atoms. The maximum Gasteiger partial charge on any atom is 0.320 e. The highest BCUT2D eigenvalue weighted by Gasteiger charge is 2.40. The highest BCUT2D eigenvalue weighted by molar-refractivity contribution is 7.92. The highest BCUT2D eigenvalue weighted by atomic mass is 32.2. The molecule has 0 saturated carbocycles. The molecule has 2 aromatic carbocycles. The normalized spacial score (nSPS) is 19.3. The van der Waals surface area contributed by atoms with Gasteiger partial charge in [0.2, 0.25) is 0 Å². The second-order valence-electron chi connectivity index (χ2n) is 7.26. The van der Waals surface area contributed by atoms with Gasteiger partial charge in [0, 0.05) is 44.5 Å². The number of amides is 3. The van der Waals surface area contributed by atoms with E-state index in [-0.39, 0.29) is 22.9 Å². The van der Waals surface area contributed by atoms with Gasteiger partial charge in [-0.3, -0.25) is 9.52 Å². The summed E-state index contributed by atoms with van der Waals surface area (Å²) in [6.45, 7) is 2.05. The number of sulfonamides is 1. The molecule has 0 aliphatic carbocycles. The van der Waals surface area contributed by atoms with Crippen molar-refractivity contribution in [3.63, 3.8) is 0 Å². The number of likely N-dealkylation sites (N-methyl/N-ethyl adjacent to an activating group) is 1. The van der Waals surface area contributed by atoms with Gasteiger partial charge in [-0.05, 0) is 36.4 Å². The van der Waals surface area contributed by atoms with Crippen molar-refractivity contribution >= 4 is 27.6 Å². The molecule has 3 amide bonds. The maximum absolute atomic E-state index is 12.8. The van der Waals surface area contributed by atoms with Gasteiger partial charge in [-0.25, -0.2) is 13.2 Å². The summed E-state index contributed by atoms with van der Waals surface area (Å²) in [5, 5.41) is 0. The zero-order valence-electron chi connectivity index (χ0n) is 16.0. The van der Waals surface area contributed by atoms with E-state index in [2.05, 4.69) is 4.72 Å². The first kappa shape index (κ1) is 19.3. The smallest absolute Gasteiger partial charge is 0.320 e. The molecule has 0 radical (unpaired) electrons. The summed E-state index contributed by atoms with van der Waals surface area (Å²) in [5.41, 5.74) is 0.899. The molecule has 1 atom stereocenters. The molecule has 0 bridgehead atoms. The predicted octanol–water partition coefficient (Wildman–Crippen LogP) is 1.68. The summed E-state index contributed by atoms with van der Waals surface area (Å²) in [6, 6.07) is 14.5. The molecule has 8 nitrogen and oxygen atoms in total. The minimum Gasteiger partial charge on any atom is -0.335 e. The van der Waals surface area contributed by atoms with Crippen molar-refractivity contribution in [3.8, 4) is 0 Å². The molecule has 0 unspecified atom stereocenters. The Hall–Kier alpha value is -3.07. The van der Waals surface area contributed by atoms with Gasteiger partial charge in [0.25, 0.3) is 15.9 Å². The number of urea groups is 1. The van der Waals surface area contributed by atoms with E-state index in [1.807, 2.05) is 0 Å². The van der Waals surface area contributed by atoms with Crippen LogP contribution in [0.15, 0.2) is 59.5 Å². The molecule has 2 heterocycles. The Labute approximate surface area is 169 Å². The number of nitrogens with one attached hydrogen (secondary N) is 1. The molecular formula is C20H22N4O4S. The van der Waals surface area contributed by atoms with Crippen LogP contribution in [0.1, 0.15) is 10.4 Å². The largest absolute Gasteiger partial charge is 0.335 e. The Kier molecular flexibility index (Phi) is 4.91. The van der Waals surface area contributed by atoms with Crippen LogP contribution in [0.5, 0.6) is 0 Å². The third kappa shape index (κ3) is 3.77. The average molecular weight is 414 g/mol. The second kappa shape index (κ2) is 7.40. The number of hydrogen-bond donors (Lipinski definition) is 1. The van der Waals surface area contributed by atoms with E-state index in [0.29, 0.717) is 37.4 Å². The zero-order chi connectivity index (χ0) is 20.6. The fraction of sp³-hybridized carbons (Fsp3) is 0.300. The molecule has 29 heavy (non-hydrogen) atoms. The lowest BCUT2D eigenvalue weighted by molar-refractivity contribution is 0.0617. The lowest BCUT2D eigenvalue weighted by Gasteiger charge is -2.36. The van der Waals surface area contributed by atoms with E-state index in [1.54, 1.807) is 52.1 Å². The Bertz CT molecular complexity index is 1020. The van der Waals surface area contributed by atoms with Crippen LogP contribution in [0.3, 0.4) is 0 Å². The van der Waals surface area contributed by atoms with Crippen LogP contribution in [0.2, 0.25) is 0 Å². The fourth-order valence-electron chi connectivity index (χ4n) is 3.74. The monoisotopic (exact) mass is 414 g/mol. The number of carbonyl (C=O) groups excluding carboxylic acids is 2. The van der Waals surface area contributed by atoms with Gasteiger partial charge in [0.1, 0.15) is 0 Å². The van der Waals surface area contributed by atoms with Gasteiger partial charge >= 0.3 is 6.03 Å². The molecule has 4 rings (SSSR count). The maximum atomic E-state index is 12.8. The van der Waals surface area contributed by atoms with Crippen molar-refractivity contribution in [2.75, 3.05) is 37.9 Å². The van der Waals surface area contributed by atoms with Gasteiger partial charge in [0.15, 0.2) is 0 Å². The number of anilines is 1. The summed E-state index contributed by atoms with van der Waals surface area (Å²) >= 11 is 0. The molecule has 1 N–H and O–H groups in total. The van der Waals surface area contributed by atoms with Gasteiger partial charge in [-0.2, -0.15) is 0 Å². The van der Waals surface area contributed by atoms with Gasteiger partial charge in [0.05, 0.1) is 10.9 Å². The number of rotatable bonds is 4. The Balaban J connectivity index is 1.45. The quantitative estimate of drug-likeness (QED) is 0.824. The summed E-state index contributed by atoms with van der Waals surface area (Å²) in [4.78, 5) is 30.2. The first-order valence-electron chi connectivity index (χ1n) is 9.34. The van der Waals surface area contributed by atoms with E-state index in [4.69, 9.17) is 0 Å². The molecule has 2 fully saturated rings. The van der Waals surface area contributed by atoms with Crippen LogP contribution in [0, 0.1) is 0 Å². The van der Waals surface area contributed by atoms with Crippen LogP contribution in [-0.2, 0) is 10.0 Å². The number of piperazine rings is 1. The van der Waals surface area contributed by atoms with Crippen molar-refractivity contribution in [2.24, 2.45) is 0 Å².